The molecule has 0 amide bonds. The van der Waals surface area contributed by atoms with Crippen molar-refractivity contribution in [3.63, 3.8) is 0 Å². The molecule has 2 unspecified atom stereocenters. The molecule has 0 aliphatic carbocycles. The molecule has 0 aliphatic rings. The average molecular weight is 593 g/mol. The van der Waals surface area contributed by atoms with Crippen molar-refractivity contribution in [2.75, 3.05) is 0 Å². The SMILES string of the molecule is CC(C)(C)C(O)(C=C(CC(C)(C)C(O)(C=Cc1ccccc1Cl)Cn1cncn1)c1ccc(F)cc1)Cn1cncn1. The van der Waals surface area contributed by atoms with Crippen LogP contribution in [0.5, 0.6) is 0 Å². The first-order chi connectivity index (χ1) is 19.7. The number of aromatic nitrogens is 6. The lowest BCUT2D eigenvalue weighted by Crippen LogP contribution is -2.48. The normalized spacial score (nSPS) is 16.0. The van der Waals surface area contributed by atoms with E-state index in [0.29, 0.717) is 11.4 Å². The van der Waals surface area contributed by atoms with Crippen molar-refractivity contribution in [2.24, 2.45) is 10.8 Å². The van der Waals surface area contributed by atoms with Crippen LogP contribution >= 0.6 is 11.6 Å². The van der Waals surface area contributed by atoms with Gasteiger partial charge in [0, 0.05) is 10.4 Å². The van der Waals surface area contributed by atoms with Gasteiger partial charge in [0.1, 0.15) is 42.3 Å². The van der Waals surface area contributed by atoms with Crippen molar-refractivity contribution in [2.45, 2.75) is 65.3 Å². The molecule has 222 valence electrons. The Bertz CT molecular complexity index is 1510. The third-order valence-electron chi connectivity index (χ3n) is 7.91. The molecule has 0 spiro atoms. The lowest BCUT2D eigenvalue weighted by Gasteiger charge is -2.43. The Morgan fingerprint density at radius 3 is 1.95 bits per heavy atom. The topological polar surface area (TPSA) is 102 Å². The van der Waals surface area contributed by atoms with Crippen LogP contribution in [0.15, 0.2) is 86.0 Å². The van der Waals surface area contributed by atoms with Gasteiger partial charge in [0.15, 0.2) is 0 Å². The van der Waals surface area contributed by atoms with Crippen LogP contribution in [0.4, 0.5) is 4.39 Å². The number of allylic oxidation sites excluding steroid dienone is 1. The van der Waals surface area contributed by atoms with E-state index in [-0.39, 0.29) is 18.9 Å². The van der Waals surface area contributed by atoms with Crippen LogP contribution in [-0.2, 0) is 13.1 Å². The maximum atomic E-state index is 14.0. The van der Waals surface area contributed by atoms with Crippen molar-refractivity contribution in [3.05, 3.63) is 108 Å². The molecule has 0 bridgehead atoms. The standard InChI is InChI=1S/C32H38ClFN6O2/c1-29(2,3)32(42,19-40-23-36-21-38-40)17-26(24-10-12-27(34)13-11-24)16-30(4,5)31(41,18-39-22-35-20-37-39)15-14-25-8-6-7-9-28(25)33/h6-15,17,20-23,41-42H,16,18-19H2,1-5H3. The highest BCUT2D eigenvalue weighted by Crippen LogP contribution is 2.44. The van der Waals surface area contributed by atoms with Gasteiger partial charge in [-0.2, -0.15) is 10.2 Å². The van der Waals surface area contributed by atoms with Crippen molar-refractivity contribution in [3.8, 4) is 0 Å². The fourth-order valence-electron chi connectivity index (χ4n) is 4.77. The third kappa shape index (κ3) is 7.21. The quantitative estimate of drug-likeness (QED) is 0.219. The molecule has 0 fully saturated rings. The van der Waals surface area contributed by atoms with Crippen LogP contribution in [-0.4, -0.2) is 50.9 Å². The van der Waals surface area contributed by atoms with Gasteiger partial charge in [0.25, 0.3) is 0 Å². The minimum atomic E-state index is -1.45. The number of halogens is 2. The summed E-state index contributed by atoms with van der Waals surface area (Å²) in [5, 5.41) is 33.5. The van der Waals surface area contributed by atoms with Gasteiger partial charge in [-0.1, -0.05) is 88.7 Å². The summed E-state index contributed by atoms with van der Waals surface area (Å²) in [6, 6.07) is 13.6. The number of hydrogen-bond acceptors (Lipinski definition) is 6. The zero-order valence-corrected chi connectivity index (χ0v) is 25.4. The molecule has 2 atom stereocenters. The molecule has 0 saturated carbocycles. The van der Waals surface area contributed by atoms with Gasteiger partial charge in [-0.05, 0) is 52.8 Å². The Balaban J connectivity index is 1.82. The molecule has 42 heavy (non-hydrogen) atoms. The number of hydrogen-bond donors (Lipinski definition) is 2. The summed E-state index contributed by atoms with van der Waals surface area (Å²) >= 11 is 6.42. The Morgan fingerprint density at radius 1 is 0.857 bits per heavy atom. The molecule has 4 rings (SSSR count). The van der Waals surface area contributed by atoms with E-state index < -0.39 is 22.0 Å². The number of nitrogens with zero attached hydrogens (tertiary/aromatic N) is 6. The second kappa shape index (κ2) is 12.3. The summed E-state index contributed by atoms with van der Waals surface area (Å²) < 4.78 is 17.2. The molecule has 2 aromatic heterocycles. The molecular formula is C32H38ClFN6O2. The first-order valence-electron chi connectivity index (χ1n) is 13.7. The van der Waals surface area contributed by atoms with Gasteiger partial charge in [-0.15, -0.1) is 0 Å². The average Bonchev–Trinajstić information content (AvgIpc) is 3.62. The summed E-state index contributed by atoms with van der Waals surface area (Å²) in [6.07, 6.45) is 11.6. The Labute approximate surface area is 251 Å². The van der Waals surface area contributed by atoms with Crippen LogP contribution in [0.3, 0.4) is 0 Å². The summed E-state index contributed by atoms with van der Waals surface area (Å²) in [7, 11) is 0. The van der Waals surface area contributed by atoms with E-state index >= 15 is 0 Å². The lowest BCUT2D eigenvalue weighted by atomic mass is 9.68. The van der Waals surface area contributed by atoms with Crippen LogP contribution in [0.2, 0.25) is 5.02 Å². The molecule has 0 radical (unpaired) electrons. The van der Waals surface area contributed by atoms with E-state index in [1.54, 1.807) is 52.4 Å². The molecule has 8 nitrogen and oxygen atoms in total. The molecule has 4 aromatic rings. The Hall–Kier alpha value is -3.66. The van der Waals surface area contributed by atoms with E-state index in [4.69, 9.17) is 11.6 Å². The van der Waals surface area contributed by atoms with Crippen molar-refractivity contribution < 1.29 is 14.6 Å². The summed E-state index contributed by atoms with van der Waals surface area (Å²) in [5.41, 5.74) is -2.07. The summed E-state index contributed by atoms with van der Waals surface area (Å²) in [5.74, 6) is -0.364. The van der Waals surface area contributed by atoms with E-state index in [2.05, 4.69) is 20.2 Å². The van der Waals surface area contributed by atoms with E-state index in [1.807, 2.05) is 58.9 Å². The van der Waals surface area contributed by atoms with E-state index in [1.165, 1.54) is 24.8 Å². The van der Waals surface area contributed by atoms with Gasteiger partial charge < -0.3 is 10.2 Å². The lowest BCUT2D eigenvalue weighted by molar-refractivity contribution is -0.0396. The molecular weight excluding hydrogens is 555 g/mol. The molecule has 10 heteroatoms. The second-order valence-electron chi connectivity index (χ2n) is 12.4. The van der Waals surface area contributed by atoms with Gasteiger partial charge >= 0.3 is 0 Å². The van der Waals surface area contributed by atoms with E-state index in [0.717, 1.165) is 16.7 Å². The van der Waals surface area contributed by atoms with Crippen molar-refractivity contribution in [1.82, 2.24) is 29.5 Å². The fourth-order valence-corrected chi connectivity index (χ4v) is 4.97. The third-order valence-corrected chi connectivity index (χ3v) is 8.26. The molecule has 0 aliphatic heterocycles. The number of rotatable bonds is 11. The van der Waals surface area contributed by atoms with Gasteiger partial charge in [-0.3, -0.25) is 0 Å². The molecule has 2 N–H and O–H groups in total. The predicted molar refractivity (Wildman–Crippen MR) is 163 cm³/mol. The van der Waals surface area contributed by atoms with Gasteiger partial charge in [-0.25, -0.2) is 23.7 Å². The molecule has 0 saturated heterocycles. The van der Waals surface area contributed by atoms with Crippen molar-refractivity contribution >= 4 is 23.3 Å². The highest BCUT2D eigenvalue weighted by molar-refractivity contribution is 6.32. The van der Waals surface area contributed by atoms with Gasteiger partial charge in [0.05, 0.1) is 13.1 Å². The first kappa shape index (κ1) is 31.3. The largest absolute Gasteiger partial charge is 0.383 e. The molecule has 2 aromatic carbocycles. The minimum absolute atomic E-state index is 0.111. The fraction of sp³-hybridized carbons (Fsp3) is 0.375. The van der Waals surface area contributed by atoms with Gasteiger partial charge in [0.2, 0.25) is 0 Å². The maximum Gasteiger partial charge on any atom is 0.137 e. The highest BCUT2D eigenvalue weighted by atomic mass is 35.5. The number of benzene rings is 2. The zero-order chi connectivity index (χ0) is 30.6. The predicted octanol–water partition coefficient (Wildman–Crippen LogP) is 6.08. The maximum absolute atomic E-state index is 14.0. The smallest absolute Gasteiger partial charge is 0.137 e. The zero-order valence-electron chi connectivity index (χ0n) is 24.6. The summed E-state index contributed by atoms with van der Waals surface area (Å²) in [6.45, 7) is 10.00. The minimum Gasteiger partial charge on any atom is -0.383 e. The summed E-state index contributed by atoms with van der Waals surface area (Å²) in [4.78, 5) is 8.08. The van der Waals surface area contributed by atoms with Crippen molar-refractivity contribution in [1.29, 1.82) is 0 Å². The monoisotopic (exact) mass is 592 g/mol. The second-order valence-corrected chi connectivity index (χ2v) is 12.8. The van der Waals surface area contributed by atoms with Crippen LogP contribution in [0.25, 0.3) is 11.6 Å². The van der Waals surface area contributed by atoms with Crippen LogP contribution in [0, 0.1) is 16.6 Å². The number of aliphatic hydroxyl groups is 2. The highest BCUT2D eigenvalue weighted by Gasteiger charge is 2.44. The molecule has 2 heterocycles. The Kier molecular flexibility index (Phi) is 9.15. The first-order valence-corrected chi connectivity index (χ1v) is 14.1. The van der Waals surface area contributed by atoms with E-state index in [9.17, 15) is 14.6 Å². The van der Waals surface area contributed by atoms with Crippen LogP contribution in [0.1, 0.15) is 52.2 Å². The Morgan fingerprint density at radius 2 is 1.43 bits per heavy atom. The van der Waals surface area contributed by atoms with Crippen LogP contribution < -0.4 is 0 Å².